The third-order valence-electron chi connectivity index (χ3n) is 5.47. The van der Waals surface area contributed by atoms with Gasteiger partial charge >= 0.3 is 0 Å². The lowest BCUT2D eigenvalue weighted by atomic mass is 9.60. The molecule has 1 heterocycles. The second-order valence-corrected chi connectivity index (χ2v) is 6.94. The fourth-order valence-corrected chi connectivity index (χ4v) is 3.85. The van der Waals surface area contributed by atoms with E-state index in [9.17, 15) is 0 Å². The van der Waals surface area contributed by atoms with Crippen LogP contribution in [-0.4, -0.2) is 45.2 Å². The van der Waals surface area contributed by atoms with Crippen LogP contribution in [0.5, 0.6) is 5.75 Å². The molecule has 1 aliphatic heterocycles. The summed E-state index contributed by atoms with van der Waals surface area (Å²) in [6.07, 6.45) is 5.37. The SMILES string of the molecule is COc1cc(N2CCC3(CC2)CC(N(C)C)C3)ccc1N. The van der Waals surface area contributed by atoms with Crippen molar-refractivity contribution in [1.82, 2.24) is 4.90 Å². The maximum atomic E-state index is 5.90. The van der Waals surface area contributed by atoms with Crippen molar-refractivity contribution >= 4 is 11.4 Å². The van der Waals surface area contributed by atoms with Crippen LogP contribution in [-0.2, 0) is 0 Å². The predicted octanol–water partition coefficient (Wildman–Crippen LogP) is 2.59. The minimum Gasteiger partial charge on any atom is -0.495 e. The summed E-state index contributed by atoms with van der Waals surface area (Å²) in [6, 6.07) is 6.92. The average molecular weight is 289 g/mol. The van der Waals surface area contributed by atoms with E-state index in [0.717, 1.165) is 24.9 Å². The predicted molar refractivity (Wildman–Crippen MR) is 88.0 cm³/mol. The molecule has 1 spiro atoms. The van der Waals surface area contributed by atoms with Crippen molar-refractivity contribution in [2.75, 3.05) is 44.9 Å². The number of methoxy groups -OCH3 is 1. The molecule has 3 rings (SSSR count). The molecule has 1 aromatic rings. The zero-order valence-electron chi connectivity index (χ0n) is 13.4. The molecule has 0 unspecified atom stereocenters. The van der Waals surface area contributed by atoms with Gasteiger partial charge in [0.15, 0.2) is 0 Å². The third kappa shape index (κ3) is 2.69. The molecule has 4 heteroatoms. The third-order valence-corrected chi connectivity index (χ3v) is 5.47. The van der Waals surface area contributed by atoms with Gasteiger partial charge < -0.3 is 20.3 Å². The first-order valence-electron chi connectivity index (χ1n) is 7.88. The number of rotatable bonds is 3. The highest BCUT2D eigenvalue weighted by atomic mass is 16.5. The number of hydrogen-bond acceptors (Lipinski definition) is 4. The number of nitrogens with zero attached hydrogens (tertiary/aromatic N) is 2. The Morgan fingerprint density at radius 1 is 1.24 bits per heavy atom. The van der Waals surface area contributed by atoms with E-state index in [0.29, 0.717) is 11.1 Å². The van der Waals surface area contributed by atoms with E-state index in [1.54, 1.807) is 7.11 Å². The molecule has 0 amide bonds. The molecular weight excluding hydrogens is 262 g/mol. The highest BCUT2D eigenvalue weighted by molar-refractivity contribution is 5.62. The molecule has 1 aromatic carbocycles. The fraction of sp³-hybridized carbons (Fsp3) is 0.647. The van der Waals surface area contributed by atoms with E-state index < -0.39 is 0 Å². The largest absolute Gasteiger partial charge is 0.495 e. The van der Waals surface area contributed by atoms with Crippen molar-refractivity contribution in [1.29, 1.82) is 0 Å². The number of benzene rings is 1. The Labute approximate surface area is 127 Å². The number of nitrogens with two attached hydrogens (primary N) is 1. The van der Waals surface area contributed by atoms with Crippen molar-refractivity contribution in [3.8, 4) is 5.75 Å². The fourth-order valence-electron chi connectivity index (χ4n) is 3.85. The van der Waals surface area contributed by atoms with E-state index in [1.165, 1.54) is 31.4 Å². The summed E-state index contributed by atoms with van der Waals surface area (Å²) in [5, 5.41) is 0. The highest BCUT2D eigenvalue weighted by Crippen LogP contribution is 2.50. The maximum absolute atomic E-state index is 5.90. The van der Waals surface area contributed by atoms with Crippen molar-refractivity contribution < 1.29 is 4.74 Å². The van der Waals surface area contributed by atoms with Gasteiger partial charge in [0.25, 0.3) is 0 Å². The second kappa shape index (κ2) is 5.41. The van der Waals surface area contributed by atoms with Crippen LogP contribution in [0.1, 0.15) is 25.7 Å². The summed E-state index contributed by atoms with van der Waals surface area (Å²) >= 11 is 0. The summed E-state index contributed by atoms with van der Waals surface area (Å²) in [4.78, 5) is 4.85. The Bertz CT molecular complexity index is 499. The molecule has 2 fully saturated rings. The molecule has 1 saturated heterocycles. The lowest BCUT2D eigenvalue weighted by molar-refractivity contribution is 0.00490. The number of ether oxygens (including phenoxy) is 1. The van der Waals surface area contributed by atoms with Crippen LogP contribution in [0.25, 0.3) is 0 Å². The standard InChI is InChI=1S/C17H27N3O/c1-19(2)14-11-17(12-14)6-8-20(9-7-17)13-4-5-15(18)16(10-13)21-3/h4-5,10,14H,6-9,11-12,18H2,1-3H3. The summed E-state index contributed by atoms with van der Waals surface area (Å²) in [5.41, 5.74) is 8.46. The quantitative estimate of drug-likeness (QED) is 0.869. The topological polar surface area (TPSA) is 41.7 Å². The smallest absolute Gasteiger partial charge is 0.143 e. The minimum absolute atomic E-state index is 0.614. The Kier molecular flexibility index (Phi) is 3.74. The summed E-state index contributed by atoms with van der Waals surface area (Å²) in [5.74, 6) is 0.782. The Balaban J connectivity index is 1.62. The van der Waals surface area contributed by atoms with Gasteiger partial charge in [0.1, 0.15) is 5.75 Å². The Hall–Kier alpha value is -1.42. The number of piperidine rings is 1. The van der Waals surface area contributed by atoms with Crippen LogP contribution >= 0.6 is 0 Å². The van der Waals surface area contributed by atoms with Gasteiger partial charge in [-0.3, -0.25) is 0 Å². The molecule has 1 aliphatic carbocycles. The van der Waals surface area contributed by atoms with Gasteiger partial charge in [0, 0.05) is 30.9 Å². The van der Waals surface area contributed by atoms with E-state index in [-0.39, 0.29) is 0 Å². The van der Waals surface area contributed by atoms with Crippen LogP contribution in [0.3, 0.4) is 0 Å². The zero-order chi connectivity index (χ0) is 15.0. The first kappa shape index (κ1) is 14.5. The first-order chi connectivity index (χ1) is 10.0. The van der Waals surface area contributed by atoms with Crippen molar-refractivity contribution in [3.05, 3.63) is 18.2 Å². The van der Waals surface area contributed by atoms with Gasteiger partial charge in [-0.15, -0.1) is 0 Å². The van der Waals surface area contributed by atoms with Crippen LogP contribution in [0.4, 0.5) is 11.4 Å². The molecule has 21 heavy (non-hydrogen) atoms. The molecular formula is C17H27N3O. The van der Waals surface area contributed by atoms with Crippen LogP contribution < -0.4 is 15.4 Å². The summed E-state index contributed by atoms with van der Waals surface area (Å²) < 4.78 is 5.33. The first-order valence-corrected chi connectivity index (χ1v) is 7.88. The second-order valence-electron chi connectivity index (χ2n) is 6.94. The van der Waals surface area contributed by atoms with Gasteiger partial charge in [-0.05, 0) is 57.3 Å². The van der Waals surface area contributed by atoms with E-state index in [4.69, 9.17) is 10.5 Å². The molecule has 0 atom stereocenters. The van der Waals surface area contributed by atoms with Crippen molar-refractivity contribution in [2.45, 2.75) is 31.7 Å². The molecule has 0 aromatic heterocycles. The Morgan fingerprint density at radius 2 is 1.90 bits per heavy atom. The van der Waals surface area contributed by atoms with Crippen LogP contribution in [0.2, 0.25) is 0 Å². The van der Waals surface area contributed by atoms with Crippen LogP contribution in [0.15, 0.2) is 18.2 Å². The molecule has 2 aliphatic rings. The monoisotopic (exact) mass is 289 g/mol. The molecule has 4 nitrogen and oxygen atoms in total. The summed E-state index contributed by atoms with van der Waals surface area (Å²) in [6.45, 7) is 2.29. The van der Waals surface area contributed by atoms with E-state index >= 15 is 0 Å². The van der Waals surface area contributed by atoms with Gasteiger partial charge in [-0.2, -0.15) is 0 Å². The van der Waals surface area contributed by atoms with Gasteiger partial charge in [0.2, 0.25) is 0 Å². The molecule has 116 valence electrons. The number of hydrogen-bond donors (Lipinski definition) is 1. The lowest BCUT2D eigenvalue weighted by Gasteiger charge is -2.54. The minimum atomic E-state index is 0.614. The lowest BCUT2D eigenvalue weighted by Crippen LogP contribution is -2.53. The molecule has 2 N–H and O–H groups in total. The Morgan fingerprint density at radius 3 is 2.48 bits per heavy atom. The van der Waals surface area contributed by atoms with Gasteiger partial charge in [-0.1, -0.05) is 0 Å². The average Bonchev–Trinajstić information content (AvgIpc) is 2.45. The number of nitrogen functional groups attached to an aromatic ring is 1. The molecule has 0 radical (unpaired) electrons. The van der Waals surface area contributed by atoms with Gasteiger partial charge in [-0.25, -0.2) is 0 Å². The highest BCUT2D eigenvalue weighted by Gasteiger charge is 2.46. The van der Waals surface area contributed by atoms with E-state index in [1.807, 2.05) is 6.07 Å². The zero-order valence-corrected chi connectivity index (χ0v) is 13.4. The molecule has 1 saturated carbocycles. The van der Waals surface area contributed by atoms with E-state index in [2.05, 4.69) is 36.0 Å². The van der Waals surface area contributed by atoms with Gasteiger partial charge in [0.05, 0.1) is 12.8 Å². The summed E-state index contributed by atoms with van der Waals surface area (Å²) in [7, 11) is 6.08. The van der Waals surface area contributed by atoms with Crippen molar-refractivity contribution in [2.24, 2.45) is 5.41 Å². The maximum Gasteiger partial charge on any atom is 0.143 e. The number of anilines is 2. The molecule has 0 bridgehead atoms. The van der Waals surface area contributed by atoms with Crippen molar-refractivity contribution in [3.63, 3.8) is 0 Å². The normalized spacial score (nSPS) is 21.6. The van der Waals surface area contributed by atoms with Crippen LogP contribution in [0, 0.1) is 5.41 Å².